The van der Waals surface area contributed by atoms with Crippen molar-refractivity contribution >= 4 is 11.1 Å². The molecule has 0 unspecified atom stereocenters. The zero-order chi connectivity index (χ0) is 15.5. The number of allylic oxidation sites excluding steroid dienone is 4. The molecular weight excluding hydrogens is 275 g/mol. The molecule has 0 fully saturated rings. The van der Waals surface area contributed by atoms with Gasteiger partial charge < -0.3 is 4.74 Å². The van der Waals surface area contributed by atoms with E-state index in [1.165, 1.54) is 5.56 Å². The molecule has 0 N–H and O–H groups in total. The van der Waals surface area contributed by atoms with Crippen LogP contribution in [0.1, 0.15) is 29.5 Å². The van der Waals surface area contributed by atoms with E-state index in [-0.39, 0.29) is 5.83 Å². The number of halogens is 1. The van der Waals surface area contributed by atoms with Gasteiger partial charge in [-0.3, -0.25) is 0 Å². The summed E-state index contributed by atoms with van der Waals surface area (Å²) in [6.07, 6.45) is 3.35. The summed E-state index contributed by atoms with van der Waals surface area (Å²) in [6.45, 7) is 2.06. The van der Waals surface area contributed by atoms with Crippen molar-refractivity contribution in [2.24, 2.45) is 0 Å². The van der Waals surface area contributed by atoms with E-state index in [0.29, 0.717) is 12.0 Å². The SMILES string of the molecule is COc1ccc(C2=C(F)CCC=C2c2ccc(C)cc2)cc1. The standard InChI is InChI=1S/C20H19FO/c1-14-6-8-15(9-7-14)18-4-3-5-19(21)20(18)16-10-12-17(22-2)13-11-16/h4,6-13H,3,5H2,1-2H3. The lowest BCUT2D eigenvalue weighted by Gasteiger charge is -2.19. The fourth-order valence-corrected chi connectivity index (χ4v) is 2.78. The zero-order valence-electron chi connectivity index (χ0n) is 12.9. The second kappa shape index (κ2) is 6.18. The summed E-state index contributed by atoms with van der Waals surface area (Å²) in [6, 6.07) is 15.8. The van der Waals surface area contributed by atoms with Crippen molar-refractivity contribution in [3.8, 4) is 5.75 Å². The molecule has 0 radical (unpaired) electrons. The lowest BCUT2D eigenvalue weighted by Crippen LogP contribution is -1.99. The molecule has 0 spiro atoms. The Bertz CT molecular complexity index is 721. The first kappa shape index (κ1) is 14.6. The molecule has 0 aliphatic heterocycles. The van der Waals surface area contributed by atoms with Gasteiger partial charge in [-0.1, -0.05) is 48.0 Å². The molecule has 0 amide bonds. The Morgan fingerprint density at radius 3 is 2.18 bits per heavy atom. The third kappa shape index (κ3) is 2.82. The van der Waals surface area contributed by atoms with Gasteiger partial charge in [0.15, 0.2) is 0 Å². The summed E-state index contributed by atoms with van der Waals surface area (Å²) in [5.41, 5.74) is 4.85. The number of hydrogen-bond donors (Lipinski definition) is 0. The van der Waals surface area contributed by atoms with Gasteiger partial charge in [0.05, 0.1) is 7.11 Å². The average Bonchev–Trinajstić information content (AvgIpc) is 2.55. The Kier molecular flexibility index (Phi) is 4.10. The molecule has 1 aliphatic carbocycles. The number of benzene rings is 2. The minimum atomic E-state index is -0.0387. The van der Waals surface area contributed by atoms with Crippen molar-refractivity contribution < 1.29 is 9.13 Å². The number of aryl methyl sites for hydroxylation is 1. The van der Waals surface area contributed by atoms with Gasteiger partial charge in [-0.15, -0.1) is 0 Å². The van der Waals surface area contributed by atoms with Gasteiger partial charge in [0.1, 0.15) is 11.6 Å². The summed E-state index contributed by atoms with van der Waals surface area (Å²) < 4.78 is 19.7. The molecule has 0 saturated carbocycles. The topological polar surface area (TPSA) is 9.23 Å². The molecule has 1 aliphatic rings. The van der Waals surface area contributed by atoms with Gasteiger partial charge in [-0.25, -0.2) is 4.39 Å². The van der Waals surface area contributed by atoms with Crippen LogP contribution in [0.25, 0.3) is 11.1 Å². The second-order valence-electron chi connectivity index (χ2n) is 5.53. The molecule has 22 heavy (non-hydrogen) atoms. The third-order valence-electron chi connectivity index (χ3n) is 3.99. The van der Waals surface area contributed by atoms with Crippen molar-refractivity contribution in [2.45, 2.75) is 19.8 Å². The van der Waals surface area contributed by atoms with E-state index in [4.69, 9.17) is 4.74 Å². The molecule has 3 rings (SSSR count). The maximum atomic E-state index is 14.5. The molecule has 0 atom stereocenters. The summed E-state index contributed by atoms with van der Waals surface area (Å²) in [7, 11) is 1.63. The van der Waals surface area contributed by atoms with Gasteiger partial charge in [-0.05, 0) is 42.2 Å². The second-order valence-corrected chi connectivity index (χ2v) is 5.53. The lowest BCUT2D eigenvalue weighted by atomic mass is 9.86. The summed E-state index contributed by atoms with van der Waals surface area (Å²) in [4.78, 5) is 0. The lowest BCUT2D eigenvalue weighted by molar-refractivity contribution is 0.415. The number of ether oxygens (including phenoxy) is 1. The predicted molar refractivity (Wildman–Crippen MR) is 89.4 cm³/mol. The van der Waals surface area contributed by atoms with E-state index in [1.54, 1.807) is 7.11 Å². The Morgan fingerprint density at radius 2 is 1.55 bits per heavy atom. The molecule has 0 aromatic heterocycles. The van der Waals surface area contributed by atoms with Crippen LogP contribution in [0.2, 0.25) is 0 Å². The maximum Gasteiger partial charge on any atom is 0.118 e. The van der Waals surface area contributed by atoms with E-state index < -0.39 is 0 Å². The van der Waals surface area contributed by atoms with Crippen molar-refractivity contribution in [1.82, 2.24) is 0 Å². The van der Waals surface area contributed by atoms with Crippen LogP contribution in [-0.4, -0.2) is 7.11 Å². The van der Waals surface area contributed by atoms with Crippen LogP contribution in [-0.2, 0) is 0 Å². The van der Waals surface area contributed by atoms with E-state index >= 15 is 0 Å². The highest BCUT2D eigenvalue weighted by atomic mass is 19.1. The molecule has 0 bridgehead atoms. The summed E-state index contributed by atoms with van der Waals surface area (Å²) >= 11 is 0. The van der Waals surface area contributed by atoms with Crippen LogP contribution in [0.4, 0.5) is 4.39 Å². The molecule has 2 heteroatoms. The quantitative estimate of drug-likeness (QED) is 0.720. The fourth-order valence-electron chi connectivity index (χ4n) is 2.78. The normalized spacial score (nSPS) is 14.8. The number of hydrogen-bond acceptors (Lipinski definition) is 1. The molecule has 2 aromatic rings. The monoisotopic (exact) mass is 294 g/mol. The Balaban J connectivity index is 2.05. The van der Waals surface area contributed by atoms with Crippen molar-refractivity contribution in [3.63, 3.8) is 0 Å². The Labute approximate surface area is 130 Å². The van der Waals surface area contributed by atoms with Crippen LogP contribution in [0.5, 0.6) is 5.75 Å². The van der Waals surface area contributed by atoms with Gasteiger partial charge in [-0.2, -0.15) is 0 Å². The minimum Gasteiger partial charge on any atom is -0.497 e. The first-order chi connectivity index (χ1) is 10.7. The van der Waals surface area contributed by atoms with E-state index in [9.17, 15) is 4.39 Å². The van der Waals surface area contributed by atoms with Gasteiger partial charge in [0, 0.05) is 12.0 Å². The fraction of sp³-hybridized carbons (Fsp3) is 0.200. The molecular formula is C20H19FO. The molecule has 0 saturated heterocycles. The minimum absolute atomic E-state index is 0.0387. The van der Waals surface area contributed by atoms with Gasteiger partial charge >= 0.3 is 0 Å². The van der Waals surface area contributed by atoms with E-state index in [2.05, 4.69) is 37.3 Å². The molecule has 112 valence electrons. The highest BCUT2D eigenvalue weighted by Gasteiger charge is 2.19. The maximum absolute atomic E-state index is 14.5. The van der Waals surface area contributed by atoms with Gasteiger partial charge in [0.2, 0.25) is 0 Å². The molecule has 1 nitrogen and oxygen atoms in total. The van der Waals surface area contributed by atoms with Crippen molar-refractivity contribution in [2.75, 3.05) is 7.11 Å². The summed E-state index contributed by atoms with van der Waals surface area (Å²) in [5, 5.41) is 0. The number of methoxy groups -OCH3 is 1. The number of rotatable bonds is 3. The average molecular weight is 294 g/mol. The van der Waals surface area contributed by atoms with Crippen LogP contribution in [0.15, 0.2) is 60.4 Å². The zero-order valence-corrected chi connectivity index (χ0v) is 12.9. The van der Waals surface area contributed by atoms with Crippen LogP contribution < -0.4 is 4.74 Å². The van der Waals surface area contributed by atoms with Crippen molar-refractivity contribution in [3.05, 3.63) is 77.1 Å². The summed E-state index contributed by atoms with van der Waals surface area (Å²) in [5.74, 6) is 0.740. The highest BCUT2D eigenvalue weighted by molar-refractivity contribution is 6.06. The van der Waals surface area contributed by atoms with Gasteiger partial charge in [0.25, 0.3) is 0 Å². The molecule has 2 aromatic carbocycles. The smallest absolute Gasteiger partial charge is 0.118 e. The Morgan fingerprint density at radius 1 is 0.909 bits per heavy atom. The Hall–Kier alpha value is -2.35. The first-order valence-corrected chi connectivity index (χ1v) is 7.49. The molecule has 0 heterocycles. The third-order valence-corrected chi connectivity index (χ3v) is 3.99. The first-order valence-electron chi connectivity index (χ1n) is 7.49. The van der Waals surface area contributed by atoms with Crippen LogP contribution in [0, 0.1) is 6.92 Å². The van der Waals surface area contributed by atoms with Crippen LogP contribution in [0.3, 0.4) is 0 Å². The van der Waals surface area contributed by atoms with Crippen LogP contribution >= 0.6 is 0 Å². The van der Waals surface area contributed by atoms with E-state index in [1.807, 2.05) is 24.3 Å². The van der Waals surface area contributed by atoms with Crippen molar-refractivity contribution in [1.29, 1.82) is 0 Å². The largest absolute Gasteiger partial charge is 0.497 e. The predicted octanol–water partition coefficient (Wildman–Crippen LogP) is 5.56. The highest BCUT2D eigenvalue weighted by Crippen LogP contribution is 2.40. The van der Waals surface area contributed by atoms with E-state index in [0.717, 1.165) is 28.9 Å².